The highest BCUT2D eigenvalue weighted by Gasteiger charge is 2.34. The topological polar surface area (TPSA) is 56.3 Å². The third-order valence-corrected chi connectivity index (χ3v) is 5.63. The number of H-pyrrole nitrogens is 1. The van der Waals surface area contributed by atoms with E-state index in [2.05, 4.69) is 22.0 Å². The molecule has 0 amide bonds. The molecule has 1 aromatic heterocycles. The second-order valence-corrected chi connectivity index (χ2v) is 7.51. The van der Waals surface area contributed by atoms with Crippen molar-refractivity contribution in [3.8, 4) is 0 Å². The minimum absolute atomic E-state index is 0.219. The maximum atomic E-state index is 13.2. The molecule has 0 unspecified atom stereocenters. The van der Waals surface area contributed by atoms with E-state index >= 15 is 0 Å². The average molecular weight is 362 g/mol. The lowest BCUT2D eigenvalue weighted by Gasteiger charge is -2.37. The summed E-state index contributed by atoms with van der Waals surface area (Å²) in [7, 11) is 0. The number of piperidine rings is 1. The fraction of sp³-hybridized carbons (Fsp3) is 0.348. The van der Waals surface area contributed by atoms with E-state index in [9.17, 15) is 9.90 Å². The summed E-state index contributed by atoms with van der Waals surface area (Å²) in [4.78, 5) is 18.7. The van der Waals surface area contributed by atoms with Gasteiger partial charge < -0.3 is 10.1 Å². The lowest BCUT2D eigenvalue weighted by Crippen LogP contribution is -2.43. The van der Waals surface area contributed by atoms with Crippen molar-refractivity contribution in [1.29, 1.82) is 0 Å². The van der Waals surface area contributed by atoms with Crippen molar-refractivity contribution in [1.82, 2.24) is 9.88 Å². The lowest BCUT2D eigenvalue weighted by molar-refractivity contribution is 0.0324. The first-order valence-corrected chi connectivity index (χ1v) is 9.74. The fourth-order valence-corrected chi connectivity index (χ4v) is 4.13. The molecular formula is C23H26N2O2. The Balaban J connectivity index is 1.69. The number of hydrogen-bond acceptors (Lipinski definition) is 3. The van der Waals surface area contributed by atoms with Crippen LogP contribution in [0.1, 0.15) is 46.8 Å². The Morgan fingerprint density at radius 3 is 2.48 bits per heavy atom. The van der Waals surface area contributed by atoms with E-state index < -0.39 is 6.10 Å². The Labute approximate surface area is 159 Å². The molecule has 0 saturated carbocycles. The van der Waals surface area contributed by atoms with E-state index in [0.29, 0.717) is 5.56 Å². The molecule has 27 heavy (non-hydrogen) atoms. The number of carbonyl (C=O) groups excluding carboxylic acids is 1. The Bertz CT molecular complexity index is 923. The van der Waals surface area contributed by atoms with Crippen LogP contribution in [0.15, 0.2) is 54.7 Å². The summed E-state index contributed by atoms with van der Waals surface area (Å²) in [6, 6.07) is 15.6. The van der Waals surface area contributed by atoms with Crippen molar-refractivity contribution >= 4 is 16.7 Å². The normalized spacial score (nSPS) is 17.7. The molecule has 1 saturated heterocycles. The van der Waals surface area contributed by atoms with Gasteiger partial charge >= 0.3 is 0 Å². The average Bonchev–Trinajstić information content (AvgIpc) is 3.14. The summed E-state index contributed by atoms with van der Waals surface area (Å²) in [6.07, 6.45) is 4.06. The molecule has 140 valence electrons. The number of aromatic amines is 1. The van der Waals surface area contributed by atoms with Crippen molar-refractivity contribution in [2.75, 3.05) is 13.1 Å². The summed E-state index contributed by atoms with van der Waals surface area (Å²) in [5, 5.41) is 12.0. The van der Waals surface area contributed by atoms with Crippen molar-refractivity contribution in [2.24, 2.45) is 0 Å². The molecule has 0 radical (unpaired) electrons. The van der Waals surface area contributed by atoms with Gasteiger partial charge in [0.2, 0.25) is 0 Å². The molecule has 1 aliphatic rings. The van der Waals surface area contributed by atoms with Crippen LogP contribution >= 0.6 is 0 Å². The molecule has 2 N–H and O–H groups in total. The lowest BCUT2D eigenvalue weighted by atomic mass is 9.91. The van der Waals surface area contributed by atoms with Gasteiger partial charge in [-0.05, 0) is 44.5 Å². The van der Waals surface area contributed by atoms with E-state index in [1.54, 1.807) is 6.20 Å². The zero-order valence-electron chi connectivity index (χ0n) is 15.7. The van der Waals surface area contributed by atoms with Crippen LogP contribution in [0.2, 0.25) is 0 Å². The molecule has 1 aliphatic heterocycles. The zero-order valence-corrected chi connectivity index (χ0v) is 15.7. The van der Waals surface area contributed by atoms with Crippen LogP contribution in [0.25, 0.3) is 10.9 Å². The number of hydrogen-bond donors (Lipinski definition) is 2. The number of aromatic nitrogens is 1. The molecule has 2 atom stereocenters. The minimum Gasteiger partial charge on any atom is -0.383 e. The number of nitrogens with zero attached hydrogens (tertiary/aromatic N) is 1. The van der Waals surface area contributed by atoms with Gasteiger partial charge in [-0.2, -0.15) is 0 Å². The van der Waals surface area contributed by atoms with Gasteiger partial charge in [0.1, 0.15) is 6.10 Å². The number of carbonyl (C=O) groups is 1. The zero-order chi connectivity index (χ0) is 18.8. The van der Waals surface area contributed by atoms with Crippen molar-refractivity contribution < 1.29 is 9.90 Å². The van der Waals surface area contributed by atoms with Crippen LogP contribution in [0.3, 0.4) is 0 Å². The maximum absolute atomic E-state index is 13.2. The Hall–Kier alpha value is -2.43. The largest absolute Gasteiger partial charge is 0.383 e. The van der Waals surface area contributed by atoms with E-state index in [1.165, 1.54) is 12.0 Å². The third kappa shape index (κ3) is 3.55. The van der Waals surface area contributed by atoms with E-state index in [0.717, 1.165) is 42.4 Å². The number of nitrogens with one attached hydrogen (secondary N) is 1. The predicted molar refractivity (Wildman–Crippen MR) is 108 cm³/mol. The van der Waals surface area contributed by atoms with Gasteiger partial charge in [0, 0.05) is 22.7 Å². The number of rotatable bonds is 5. The van der Waals surface area contributed by atoms with Gasteiger partial charge in [0.05, 0.1) is 6.04 Å². The monoisotopic (exact) mass is 362 g/mol. The second-order valence-electron chi connectivity index (χ2n) is 7.51. The Morgan fingerprint density at radius 2 is 1.74 bits per heavy atom. The van der Waals surface area contributed by atoms with E-state index in [4.69, 9.17) is 0 Å². The van der Waals surface area contributed by atoms with Crippen LogP contribution in [0, 0.1) is 6.92 Å². The standard InChI is InChI=1S/C23H26N2O2/c1-16-9-11-17(12-10-16)21(25-13-5-2-6-14-25)23(27)22(26)19-15-24-20-8-4-3-7-18(19)20/h3-4,7-12,15,21,23-24,27H,2,5-6,13-14H2,1H3/t21-,23+/m1/s1. The molecule has 3 aromatic rings. The van der Waals surface area contributed by atoms with Crippen LogP contribution in [0.5, 0.6) is 0 Å². The number of aliphatic hydroxyl groups is 1. The smallest absolute Gasteiger partial charge is 0.195 e. The Morgan fingerprint density at radius 1 is 1.04 bits per heavy atom. The number of ketones is 1. The molecule has 2 aromatic carbocycles. The first-order chi connectivity index (χ1) is 13.1. The van der Waals surface area contributed by atoms with Crippen LogP contribution in [-0.2, 0) is 0 Å². The van der Waals surface area contributed by atoms with Gasteiger partial charge in [-0.15, -0.1) is 0 Å². The number of para-hydroxylation sites is 1. The van der Waals surface area contributed by atoms with Crippen LogP contribution in [0.4, 0.5) is 0 Å². The molecule has 1 fully saturated rings. The van der Waals surface area contributed by atoms with Crippen molar-refractivity contribution in [3.63, 3.8) is 0 Å². The van der Waals surface area contributed by atoms with E-state index in [-0.39, 0.29) is 11.8 Å². The molecule has 0 bridgehead atoms. The first-order valence-electron chi connectivity index (χ1n) is 9.74. The summed E-state index contributed by atoms with van der Waals surface area (Å²) < 4.78 is 0. The van der Waals surface area contributed by atoms with E-state index in [1.807, 2.05) is 43.3 Å². The predicted octanol–water partition coefficient (Wildman–Crippen LogP) is 4.25. The number of aryl methyl sites for hydroxylation is 1. The number of aliphatic hydroxyl groups excluding tert-OH is 1. The van der Waals surface area contributed by atoms with Gasteiger partial charge in [-0.25, -0.2) is 0 Å². The molecular weight excluding hydrogens is 336 g/mol. The van der Waals surface area contributed by atoms with Crippen LogP contribution in [-0.4, -0.2) is 40.0 Å². The summed E-state index contributed by atoms with van der Waals surface area (Å²) in [5.74, 6) is -0.219. The summed E-state index contributed by atoms with van der Waals surface area (Å²) >= 11 is 0. The first kappa shape index (κ1) is 18.0. The SMILES string of the molecule is Cc1ccc([C@H]([C@H](O)C(=O)c2c[nH]c3ccccc23)N2CCCCC2)cc1. The molecule has 2 heterocycles. The molecule has 4 rings (SSSR count). The van der Waals surface area contributed by atoms with Crippen molar-refractivity contribution in [3.05, 3.63) is 71.4 Å². The summed E-state index contributed by atoms with van der Waals surface area (Å²) in [5.41, 5.74) is 3.65. The van der Waals surface area contributed by atoms with Crippen molar-refractivity contribution in [2.45, 2.75) is 38.3 Å². The van der Waals surface area contributed by atoms with Gasteiger partial charge in [-0.3, -0.25) is 9.69 Å². The number of Topliss-reactive ketones (excluding diaryl/α,β-unsaturated/α-hetero) is 1. The van der Waals surface area contributed by atoms with Gasteiger partial charge in [0.25, 0.3) is 0 Å². The molecule has 4 nitrogen and oxygen atoms in total. The highest BCUT2D eigenvalue weighted by atomic mass is 16.3. The molecule has 0 spiro atoms. The second kappa shape index (κ2) is 7.67. The molecule has 4 heteroatoms. The molecule has 0 aliphatic carbocycles. The third-order valence-electron chi connectivity index (χ3n) is 5.63. The highest BCUT2D eigenvalue weighted by molar-refractivity contribution is 6.10. The minimum atomic E-state index is -1.09. The quantitative estimate of drug-likeness (QED) is 0.667. The summed E-state index contributed by atoms with van der Waals surface area (Å²) in [6.45, 7) is 3.88. The number of benzene rings is 2. The number of fused-ring (bicyclic) bond motifs is 1. The number of likely N-dealkylation sites (tertiary alicyclic amines) is 1. The maximum Gasteiger partial charge on any atom is 0.195 e. The van der Waals surface area contributed by atoms with Crippen LogP contribution < -0.4 is 0 Å². The van der Waals surface area contributed by atoms with Gasteiger partial charge in [-0.1, -0.05) is 54.4 Å². The Kier molecular flexibility index (Phi) is 5.10. The fourth-order valence-electron chi connectivity index (χ4n) is 4.13. The highest BCUT2D eigenvalue weighted by Crippen LogP contribution is 2.31. The van der Waals surface area contributed by atoms with Gasteiger partial charge in [0.15, 0.2) is 5.78 Å².